The fraction of sp³-hybridized carbons (Fsp3) is 0.591. The number of benzene rings is 1. The van der Waals surface area contributed by atoms with Gasteiger partial charge in [0.2, 0.25) is 11.8 Å². The molecule has 5 aliphatic heterocycles. The van der Waals surface area contributed by atoms with Crippen molar-refractivity contribution in [2.75, 3.05) is 31.6 Å². The summed E-state index contributed by atoms with van der Waals surface area (Å²) >= 11 is 0. The lowest BCUT2D eigenvalue weighted by Crippen LogP contribution is -2.75. The first-order chi connectivity index (χ1) is 15.7. The Kier molecular flexibility index (Phi) is 4.34. The van der Waals surface area contributed by atoms with Gasteiger partial charge in [-0.3, -0.25) is 20.2 Å². The number of fused-ring (bicyclic) bond motifs is 5. The summed E-state index contributed by atoms with van der Waals surface area (Å²) in [5.74, 6) is -1.64. The van der Waals surface area contributed by atoms with E-state index in [1.807, 2.05) is 20.0 Å². The SMILES string of the molecule is C[C@H]1CN2c3c(cc4c(c3F)ON(C3CN(C)C3)C4)CC3(C(=O)NC(=O)NC3=O)[C@@H]2[C@@H](C)O1. The van der Waals surface area contributed by atoms with E-state index in [0.29, 0.717) is 29.9 Å². The molecule has 3 saturated heterocycles. The van der Waals surface area contributed by atoms with Gasteiger partial charge in [0, 0.05) is 31.6 Å². The second-order valence-corrected chi connectivity index (χ2v) is 9.86. The van der Waals surface area contributed by atoms with Crippen LogP contribution in [0.4, 0.5) is 14.9 Å². The second kappa shape index (κ2) is 6.87. The summed E-state index contributed by atoms with van der Waals surface area (Å²) in [4.78, 5) is 48.1. The molecule has 3 atom stereocenters. The number of carbonyl (C=O) groups is 3. The number of nitrogens with zero attached hydrogens (tertiary/aromatic N) is 3. The Hall–Kier alpha value is -2.76. The molecule has 1 aromatic carbocycles. The number of imide groups is 2. The topological polar surface area (TPSA) is 103 Å². The summed E-state index contributed by atoms with van der Waals surface area (Å²) < 4.78 is 22.0. The average Bonchev–Trinajstić information content (AvgIpc) is 3.12. The number of barbiturate groups is 1. The molecule has 1 aromatic rings. The van der Waals surface area contributed by atoms with Crippen LogP contribution in [0.2, 0.25) is 0 Å². The Morgan fingerprint density at radius 2 is 1.79 bits per heavy atom. The summed E-state index contributed by atoms with van der Waals surface area (Å²) in [7, 11) is 2.02. The van der Waals surface area contributed by atoms with Crippen LogP contribution in [0.15, 0.2) is 6.07 Å². The van der Waals surface area contributed by atoms with Gasteiger partial charge in [0.15, 0.2) is 17.0 Å². The monoisotopic (exact) mass is 459 g/mol. The Morgan fingerprint density at radius 3 is 2.45 bits per heavy atom. The maximum Gasteiger partial charge on any atom is 0.328 e. The third-order valence-electron chi connectivity index (χ3n) is 7.55. The molecule has 10 nitrogen and oxygen atoms in total. The molecule has 0 radical (unpaired) electrons. The smallest absolute Gasteiger partial charge is 0.328 e. The van der Waals surface area contributed by atoms with E-state index < -0.39 is 41.2 Å². The van der Waals surface area contributed by atoms with Gasteiger partial charge in [0.25, 0.3) is 0 Å². The summed E-state index contributed by atoms with van der Waals surface area (Å²) in [5.41, 5.74) is -0.0238. The molecule has 6 rings (SSSR count). The first kappa shape index (κ1) is 20.8. The molecule has 3 fully saturated rings. The molecule has 0 aromatic heterocycles. The second-order valence-electron chi connectivity index (χ2n) is 9.86. The molecular formula is C22H26FN5O5. The minimum absolute atomic E-state index is 0.0348. The van der Waals surface area contributed by atoms with E-state index in [-0.39, 0.29) is 24.3 Å². The van der Waals surface area contributed by atoms with E-state index in [1.54, 1.807) is 16.9 Å². The number of hydroxylamine groups is 2. The van der Waals surface area contributed by atoms with Gasteiger partial charge in [-0.15, -0.1) is 5.06 Å². The van der Waals surface area contributed by atoms with Gasteiger partial charge in [-0.2, -0.15) is 0 Å². The normalized spacial score (nSPS) is 31.3. The zero-order valence-electron chi connectivity index (χ0n) is 18.7. The molecule has 1 spiro atoms. The van der Waals surface area contributed by atoms with E-state index in [1.165, 1.54) is 0 Å². The van der Waals surface area contributed by atoms with Crippen LogP contribution < -0.4 is 20.4 Å². The minimum atomic E-state index is -1.61. The Bertz CT molecular complexity index is 1070. The number of urea groups is 1. The van der Waals surface area contributed by atoms with Crippen molar-refractivity contribution in [1.82, 2.24) is 20.6 Å². The number of halogens is 1. The highest BCUT2D eigenvalue weighted by Crippen LogP contribution is 2.51. The molecule has 0 bridgehead atoms. The first-order valence-electron chi connectivity index (χ1n) is 11.3. The number of likely N-dealkylation sites (N-methyl/N-ethyl adjacent to an activating group) is 1. The van der Waals surface area contributed by atoms with Crippen molar-refractivity contribution in [2.45, 2.75) is 51.1 Å². The Balaban J connectivity index is 1.47. The predicted octanol–water partition coefficient (Wildman–Crippen LogP) is 0.140. The zero-order chi connectivity index (χ0) is 23.2. The summed E-state index contributed by atoms with van der Waals surface area (Å²) in [6.07, 6.45) is -0.833. The maximum absolute atomic E-state index is 16.0. The molecule has 2 N–H and O–H groups in total. The standard InChI is InChI=1S/C22H26FN5O5/c1-10-6-27-16-12(4-13-7-28(14-8-26(3)9-14)33-17(13)15(16)23)5-22(18(27)11(2)32-10)19(29)24-21(31)25-20(22)30/h4,10-11,14,18H,5-9H2,1-3H3,(H2,24,25,29,30,31)/t10-,11+,18-/m0/s1. The van der Waals surface area contributed by atoms with E-state index >= 15 is 4.39 Å². The lowest BCUT2D eigenvalue weighted by atomic mass is 9.66. The number of amides is 4. The molecule has 0 saturated carbocycles. The van der Waals surface area contributed by atoms with Gasteiger partial charge in [-0.05, 0) is 32.5 Å². The lowest BCUT2D eigenvalue weighted by molar-refractivity contribution is -0.153. The van der Waals surface area contributed by atoms with Crippen molar-refractivity contribution in [1.29, 1.82) is 0 Å². The minimum Gasteiger partial charge on any atom is -0.402 e. The summed E-state index contributed by atoms with van der Waals surface area (Å²) in [6.45, 7) is 6.05. The molecule has 33 heavy (non-hydrogen) atoms. The molecule has 0 unspecified atom stereocenters. The molecule has 0 aliphatic carbocycles. The van der Waals surface area contributed by atoms with E-state index in [9.17, 15) is 14.4 Å². The third-order valence-corrected chi connectivity index (χ3v) is 7.55. The third kappa shape index (κ3) is 2.79. The highest BCUT2D eigenvalue weighted by atomic mass is 19.1. The number of likely N-dealkylation sites (tertiary alicyclic amines) is 1. The molecule has 5 heterocycles. The summed E-state index contributed by atoms with van der Waals surface area (Å²) in [6, 6.07) is 0.401. The fourth-order valence-electron chi connectivity index (χ4n) is 6.19. The average molecular weight is 459 g/mol. The number of rotatable bonds is 1. The molecule has 4 amide bonds. The molecule has 5 aliphatic rings. The number of carbonyl (C=O) groups excluding carboxylic acids is 3. The van der Waals surface area contributed by atoms with Crippen molar-refractivity contribution in [3.05, 3.63) is 23.0 Å². The number of hydrogen-bond acceptors (Lipinski definition) is 8. The number of hydrogen-bond donors (Lipinski definition) is 2. The van der Waals surface area contributed by atoms with Crippen LogP contribution in [-0.2, 0) is 27.3 Å². The number of anilines is 1. The van der Waals surface area contributed by atoms with Crippen LogP contribution in [0.1, 0.15) is 25.0 Å². The van der Waals surface area contributed by atoms with Gasteiger partial charge < -0.3 is 19.4 Å². The number of ether oxygens (including phenoxy) is 1. The number of nitrogens with one attached hydrogen (secondary N) is 2. The van der Waals surface area contributed by atoms with Crippen LogP contribution in [0, 0.1) is 11.2 Å². The van der Waals surface area contributed by atoms with Crippen LogP contribution in [0.5, 0.6) is 5.75 Å². The van der Waals surface area contributed by atoms with Crippen LogP contribution in [0.25, 0.3) is 0 Å². The van der Waals surface area contributed by atoms with Crippen LogP contribution >= 0.6 is 0 Å². The van der Waals surface area contributed by atoms with Crippen molar-refractivity contribution < 1.29 is 28.3 Å². The largest absolute Gasteiger partial charge is 0.402 e. The number of morpholine rings is 1. The van der Waals surface area contributed by atoms with E-state index in [2.05, 4.69) is 15.5 Å². The Labute approximate surface area is 189 Å². The van der Waals surface area contributed by atoms with Crippen LogP contribution in [-0.4, -0.2) is 78.8 Å². The highest BCUT2D eigenvalue weighted by Gasteiger charge is 2.63. The zero-order valence-corrected chi connectivity index (χ0v) is 18.7. The van der Waals surface area contributed by atoms with Crippen molar-refractivity contribution in [3.63, 3.8) is 0 Å². The highest BCUT2D eigenvalue weighted by molar-refractivity contribution is 6.20. The van der Waals surface area contributed by atoms with Gasteiger partial charge in [-0.1, -0.05) is 0 Å². The van der Waals surface area contributed by atoms with Gasteiger partial charge >= 0.3 is 6.03 Å². The maximum atomic E-state index is 16.0. The fourth-order valence-corrected chi connectivity index (χ4v) is 6.19. The summed E-state index contributed by atoms with van der Waals surface area (Å²) in [5, 5.41) is 6.30. The quantitative estimate of drug-likeness (QED) is 0.572. The van der Waals surface area contributed by atoms with Gasteiger partial charge in [0.05, 0.1) is 36.5 Å². The Morgan fingerprint density at radius 1 is 1.09 bits per heavy atom. The lowest BCUT2D eigenvalue weighted by Gasteiger charge is -2.55. The molecule has 176 valence electrons. The van der Waals surface area contributed by atoms with Crippen molar-refractivity contribution in [3.8, 4) is 5.75 Å². The van der Waals surface area contributed by atoms with E-state index in [0.717, 1.165) is 13.1 Å². The van der Waals surface area contributed by atoms with Crippen molar-refractivity contribution in [2.24, 2.45) is 5.41 Å². The molecular weight excluding hydrogens is 433 g/mol. The van der Waals surface area contributed by atoms with Crippen molar-refractivity contribution >= 4 is 23.5 Å². The van der Waals surface area contributed by atoms with Crippen LogP contribution in [0.3, 0.4) is 0 Å². The first-order valence-corrected chi connectivity index (χ1v) is 11.3. The van der Waals surface area contributed by atoms with Gasteiger partial charge in [0.1, 0.15) is 0 Å². The molecule has 11 heteroatoms. The predicted molar refractivity (Wildman–Crippen MR) is 113 cm³/mol. The van der Waals surface area contributed by atoms with E-state index in [4.69, 9.17) is 9.57 Å². The van der Waals surface area contributed by atoms with Gasteiger partial charge in [-0.25, -0.2) is 9.18 Å².